The Morgan fingerprint density at radius 3 is 2.82 bits per heavy atom. The van der Waals surface area contributed by atoms with E-state index in [0.717, 1.165) is 11.0 Å². The van der Waals surface area contributed by atoms with Crippen LogP contribution >= 0.6 is 0 Å². The molecule has 1 aliphatic carbocycles. The van der Waals surface area contributed by atoms with Crippen molar-refractivity contribution < 1.29 is 28.3 Å². The van der Waals surface area contributed by atoms with Crippen molar-refractivity contribution in [3.8, 4) is 0 Å². The Kier molecular flexibility index (Phi) is 5.85. The molecule has 6 rings (SSSR count). The molecule has 2 aliphatic heterocycles. The Morgan fingerprint density at radius 2 is 2.03 bits per heavy atom. The molecule has 0 spiro atoms. The van der Waals surface area contributed by atoms with Gasteiger partial charge in [-0.25, -0.2) is 14.2 Å². The van der Waals surface area contributed by atoms with Crippen LogP contribution in [0.3, 0.4) is 0 Å². The number of nitrogens with zero attached hydrogens (tertiary/aromatic N) is 3. The number of imide groups is 1. The first-order chi connectivity index (χ1) is 18.3. The Labute approximate surface area is 217 Å². The summed E-state index contributed by atoms with van der Waals surface area (Å²) in [4.78, 5) is 54.7. The number of amides is 4. The highest BCUT2D eigenvalue weighted by atomic mass is 19.1. The van der Waals surface area contributed by atoms with Gasteiger partial charge in [-0.05, 0) is 42.4 Å². The second-order valence-electron chi connectivity index (χ2n) is 10.1. The first-order valence-corrected chi connectivity index (χ1v) is 12.6. The summed E-state index contributed by atoms with van der Waals surface area (Å²) >= 11 is 0. The second-order valence-corrected chi connectivity index (χ2v) is 10.1. The molecule has 0 radical (unpaired) electrons. The van der Waals surface area contributed by atoms with Gasteiger partial charge < -0.3 is 19.5 Å². The number of alkyl carbamates (subject to hydrolysis) is 1. The number of carbonyl (C=O) groups excluding carboxylic acids is 4. The number of imidazole rings is 1. The lowest BCUT2D eigenvalue weighted by atomic mass is 9.77. The number of ether oxygens (including phenoxy) is 1. The molecule has 1 unspecified atom stereocenters. The minimum Gasteiger partial charge on any atom is -0.446 e. The minimum absolute atomic E-state index is 0.0858. The summed E-state index contributed by atoms with van der Waals surface area (Å²) in [6.45, 7) is -0.0589. The van der Waals surface area contributed by atoms with Crippen molar-refractivity contribution in [2.75, 3.05) is 0 Å². The molecule has 0 bridgehead atoms. The number of halogens is 1. The molecule has 196 valence electrons. The van der Waals surface area contributed by atoms with E-state index in [0.29, 0.717) is 18.4 Å². The molecule has 3 aliphatic rings. The van der Waals surface area contributed by atoms with Gasteiger partial charge in [0.15, 0.2) is 0 Å². The van der Waals surface area contributed by atoms with Gasteiger partial charge in [-0.15, -0.1) is 0 Å². The average molecular weight is 520 g/mol. The van der Waals surface area contributed by atoms with Crippen molar-refractivity contribution in [3.05, 3.63) is 64.7 Å². The van der Waals surface area contributed by atoms with E-state index < -0.39 is 29.8 Å². The number of nitrogens with one attached hydrogen (secondary N) is 2. The Hall–Kier alpha value is -4.28. The largest absolute Gasteiger partial charge is 0.446 e. The van der Waals surface area contributed by atoms with Gasteiger partial charge in [-0.2, -0.15) is 0 Å². The van der Waals surface area contributed by atoms with Crippen molar-refractivity contribution >= 4 is 34.8 Å². The SMILES string of the molecule is Cn1cnc2cccc(C3CC(OC(=O)NCc4ccc5c(c4F)C(=O)N(C4CCC(=O)NC4=O)C5)C3)c21. The van der Waals surface area contributed by atoms with Crippen LogP contribution in [0, 0.1) is 5.82 Å². The highest BCUT2D eigenvalue weighted by molar-refractivity contribution is 6.05. The lowest BCUT2D eigenvalue weighted by molar-refractivity contribution is -0.136. The maximum Gasteiger partial charge on any atom is 0.407 e. The lowest BCUT2D eigenvalue weighted by Gasteiger charge is -2.35. The van der Waals surface area contributed by atoms with E-state index in [-0.39, 0.29) is 55.0 Å². The fraction of sp³-hybridized carbons (Fsp3) is 0.370. The quantitative estimate of drug-likeness (QED) is 0.500. The molecule has 1 saturated carbocycles. The number of aromatic nitrogens is 2. The molecule has 2 aromatic carbocycles. The molecule has 10 nitrogen and oxygen atoms in total. The smallest absolute Gasteiger partial charge is 0.407 e. The van der Waals surface area contributed by atoms with Crippen LogP contribution in [0.1, 0.15) is 58.6 Å². The van der Waals surface area contributed by atoms with Crippen molar-refractivity contribution in [3.63, 3.8) is 0 Å². The fourth-order valence-electron chi connectivity index (χ4n) is 5.64. The third kappa shape index (κ3) is 4.07. The number of hydrogen-bond acceptors (Lipinski definition) is 6. The van der Waals surface area contributed by atoms with E-state index in [1.54, 1.807) is 12.4 Å². The van der Waals surface area contributed by atoms with E-state index in [4.69, 9.17) is 4.74 Å². The van der Waals surface area contributed by atoms with E-state index in [9.17, 15) is 19.2 Å². The first-order valence-electron chi connectivity index (χ1n) is 12.6. The number of hydrogen-bond donors (Lipinski definition) is 2. The van der Waals surface area contributed by atoms with Gasteiger partial charge in [0.05, 0.1) is 22.9 Å². The molecule has 3 aromatic rings. The molecular formula is C27H26FN5O5. The van der Waals surface area contributed by atoms with Gasteiger partial charge in [0.2, 0.25) is 11.8 Å². The zero-order valence-electron chi connectivity index (χ0n) is 20.7. The van der Waals surface area contributed by atoms with Crippen molar-refractivity contribution in [2.45, 2.75) is 56.8 Å². The topological polar surface area (TPSA) is 123 Å². The van der Waals surface area contributed by atoms with Crippen molar-refractivity contribution in [1.82, 2.24) is 25.1 Å². The Morgan fingerprint density at radius 1 is 1.21 bits per heavy atom. The van der Waals surface area contributed by atoms with Gasteiger partial charge >= 0.3 is 6.09 Å². The van der Waals surface area contributed by atoms with Crippen molar-refractivity contribution in [1.29, 1.82) is 0 Å². The highest BCUT2D eigenvalue weighted by Crippen LogP contribution is 2.41. The molecule has 1 saturated heterocycles. The summed E-state index contributed by atoms with van der Waals surface area (Å²) in [7, 11) is 1.96. The predicted octanol–water partition coefficient (Wildman–Crippen LogP) is 2.65. The summed E-state index contributed by atoms with van der Waals surface area (Å²) in [5, 5.41) is 4.81. The Bertz CT molecular complexity index is 1490. The third-order valence-corrected chi connectivity index (χ3v) is 7.71. The molecule has 2 fully saturated rings. The number of aryl methyl sites for hydroxylation is 1. The van der Waals surface area contributed by atoms with E-state index in [1.807, 2.05) is 23.7 Å². The summed E-state index contributed by atoms with van der Waals surface area (Å²) in [5.41, 5.74) is 3.70. The molecule has 11 heteroatoms. The summed E-state index contributed by atoms with van der Waals surface area (Å²) in [6.07, 6.45) is 2.60. The van der Waals surface area contributed by atoms with Gasteiger partial charge in [0, 0.05) is 32.1 Å². The average Bonchev–Trinajstić information content (AvgIpc) is 3.41. The zero-order valence-corrected chi connectivity index (χ0v) is 20.7. The number of benzene rings is 2. The first kappa shape index (κ1) is 24.1. The molecule has 38 heavy (non-hydrogen) atoms. The predicted molar refractivity (Wildman–Crippen MR) is 132 cm³/mol. The Balaban J connectivity index is 1.05. The number of rotatable bonds is 5. The minimum atomic E-state index is -0.820. The van der Waals surface area contributed by atoms with Crippen LogP contribution in [0.5, 0.6) is 0 Å². The second kappa shape index (κ2) is 9.23. The summed E-state index contributed by atoms with van der Waals surface area (Å²) in [5.74, 6) is -2.00. The number of piperidine rings is 1. The standard InChI is InChI=1S/C27H26FN5O5/c1-32-13-30-19-4-2-3-18(24(19)32)16-9-17(10-16)38-27(37)29-11-14-5-6-15-12-33(26(36)22(15)23(14)28)20-7-8-21(34)31-25(20)35/h2-6,13,16-17,20H,7-12H2,1H3,(H,29,37)(H,31,34,35). The van der Waals surface area contributed by atoms with E-state index in [1.165, 1.54) is 16.5 Å². The molecule has 4 amide bonds. The lowest BCUT2D eigenvalue weighted by Crippen LogP contribution is -2.52. The highest BCUT2D eigenvalue weighted by Gasteiger charge is 2.41. The molecule has 1 atom stereocenters. The third-order valence-electron chi connectivity index (χ3n) is 7.71. The number of para-hydroxylation sites is 1. The normalized spacial score (nSPS) is 22.7. The van der Waals surface area contributed by atoms with Crippen LogP contribution < -0.4 is 10.6 Å². The van der Waals surface area contributed by atoms with Crippen LogP contribution in [-0.4, -0.2) is 50.4 Å². The maximum atomic E-state index is 15.3. The number of carbonyl (C=O) groups is 4. The van der Waals surface area contributed by atoms with Crippen LogP contribution in [0.15, 0.2) is 36.7 Å². The summed E-state index contributed by atoms with van der Waals surface area (Å²) < 4.78 is 22.8. The summed E-state index contributed by atoms with van der Waals surface area (Å²) in [6, 6.07) is 8.34. The van der Waals surface area contributed by atoms with Gasteiger partial charge in [0.25, 0.3) is 5.91 Å². The molecule has 3 heterocycles. The van der Waals surface area contributed by atoms with Crippen LogP contribution in [0.2, 0.25) is 0 Å². The molecule has 1 aromatic heterocycles. The monoisotopic (exact) mass is 519 g/mol. The van der Waals surface area contributed by atoms with E-state index >= 15 is 4.39 Å². The van der Waals surface area contributed by atoms with Crippen LogP contribution in [0.25, 0.3) is 11.0 Å². The van der Waals surface area contributed by atoms with Crippen molar-refractivity contribution in [2.24, 2.45) is 7.05 Å². The van der Waals surface area contributed by atoms with Gasteiger partial charge in [0.1, 0.15) is 18.0 Å². The molecular weight excluding hydrogens is 493 g/mol. The van der Waals surface area contributed by atoms with E-state index in [2.05, 4.69) is 21.7 Å². The molecule has 2 N–H and O–H groups in total. The number of fused-ring (bicyclic) bond motifs is 2. The maximum absolute atomic E-state index is 15.3. The van der Waals surface area contributed by atoms with Gasteiger partial charge in [-0.1, -0.05) is 24.3 Å². The van der Waals surface area contributed by atoms with Gasteiger partial charge in [-0.3, -0.25) is 19.7 Å². The fourth-order valence-corrected chi connectivity index (χ4v) is 5.64. The zero-order chi connectivity index (χ0) is 26.6. The van der Waals surface area contributed by atoms with Crippen LogP contribution in [0.4, 0.5) is 9.18 Å². The van der Waals surface area contributed by atoms with Crippen LogP contribution in [-0.2, 0) is 34.5 Å².